The van der Waals surface area contributed by atoms with E-state index in [9.17, 15) is 22.3 Å². The maximum atomic E-state index is 13.2. The minimum absolute atomic E-state index is 0.170. The summed E-state index contributed by atoms with van der Waals surface area (Å²) in [6.07, 6.45) is 0. The Bertz CT molecular complexity index is 814. The molecule has 0 fully saturated rings. The van der Waals surface area contributed by atoms with E-state index in [4.69, 9.17) is 11.6 Å². The van der Waals surface area contributed by atoms with E-state index in [0.29, 0.717) is 20.7 Å². The van der Waals surface area contributed by atoms with Gasteiger partial charge < -0.3 is 5.11 Å². The first kappa shape index (κ1) is 16.2. The number of halogens is 4. The molecule has 2 aromatic carbocycles. The van der Waals surface area contributed by atoms with Crippen molar-refractivity contribution in [2.24, 2.45) is 0 Å². The number of nitrogens with one attached hydrogen (secondary N) is 1. The Morgan fingerprint density at radius 3 is 2.48 bits per heavy atom. The second kappa shape index (κ2) is 5.93. The van der Waals surface area contributed by atoms with Crippen molar-refractivity contribution in [3.05, 3.63) is 50.6 Å². The average molecular weight is 446 g/mol. The second-order valence-corrected chi connectivity index (χ2v) is 7.21. The normalized spacial score (nSPS) is 11.4. The van der Waals surface area contributed by atoms with Crippen LogP contribution in [0.15, 0.2) is 35.2 Å². The Morgan fingerprint density at radius 2 is 1.86 bits per heavy atom. The molecule has 0 atom stereocenters. The highest BCUT2D eigenvalue weighted by Crippen LogP contribution is 2.30. The molecule has 9 heteroatoms. The fraction of sp³-hybridized carbons (Fsp3) is 0. The second-order valence-electron chi connectivity index (χ2n) is 3.96. The summed E-state index contributed by atoms with van der Waals surface area (Å²) in [6, 6.07) is 5.28. The van der Waals surface area contributed by atoms with Crippen molar-refractivity contribution in [1.82, 2.24) is 0 Å². The van der Waals surface area contributed by atoms with Gasteiger partial charge in [0.2, 0.25) is 0 Å². The van der Waals surface area contributed by atoms with E-state index >= 15 is 0 Å². The summed E-state index contributed by atoms with van der Waals surface area (Å²) in [7, 11) is -4.35. The van der Waals surface area contributed by atoms with Gasteiger partial charge in [0.25, 0.3) is 10.0 Å². The molecule has 112 valence electrons. The SMILES string of the molecule is O=S(=O)(Nc1ccc(Cl)cc1I)c1cc(F)cc(F)c1O. The van der Waals surface area contributed by atoms with Crippen LogP contribution in [0.25, 0.3) is 0 Å². The minimum Gasteiger partial charge on any atom is -0.504 e. The number of hydrogen-bond donors (Lipinski definition) is 2. The molecule has 2 rings (SSSR count). The number of aromatic hydroxyl groups is 1. The van der Waals surface area contributed by atoms with Crippen LogP contribution in [0.5, 0.6) is 5.75 Å². The van der Waals surface area contributed by atoms with Gasteiger partial charge in [-0.3, -0.25) is 4.72 Å². The molecule has 0 unspecified atom stereocenters. The Labute approximate surface area is 137 Å². The third kappa shape index (κ3) is 3.55. The van der Waals surface area contributed by atoms with Crippen LogP contribution < -0.4 is 4.72 Å². The summed E-state index contributed by atoms with van der Waals surface area (Å²) in [6.45, 7) is 0. The van der Waals surface area contributed by atoms with Gasteiger partial charge in [-0.2, -0.15) is 0 Å². The van der Waals surface area contributed by atoms with Crippen LogP contribution >= 0.6 is 34.2 Å². The Kier molecular flexibility index (Phi) is 4.59. The Balaban J connectivity index is 2.48. The quantitative estimate of drug-likeness (QED) is 0.708. The minimum atomic E-state index is -4.35. The van der Waals surface area contributed by atoms with Crippen molar-refractivity contribution >= 4 is 49.9 Å². The number of anilines is 1. The molecule has 0 aliphatic carbocycles. The summed E-state index contributed by atoms with van der Waals surface area (Å²) in [4.78, 5) is -0.884. The van der Waals surface area contributed by atoms with Crippen molar-refractivity contribution < 1.29 is 22.3 Å². The van der Waals surface area contributed by atoms with Crippen molar-refractivity contribution in [3.63, 3.8) is 0 Å². The molecule has 2 aromatic rings. The first-order valence-electron chi connectivity index (χ1n) is 5.36. The highest BCUT2D eigenvalue weighted by Gasteiger charge is 2.23. The lowest BCUT2D eigenvalue weighted by molar-refractivity contribution is 0.412. The van der Waals surface area contributed by atoms with Gasteiger partial charge in [-0.1, -0.05) is 11.6 Å². The van der Waals surface area contributed by atoms with Crippen LogP contribution in [0.2, 0.25) is 5.02 Å². The molecule has 0 bridgehead atoms. The van der Waals surface area contributed by atoms with E-state index in [2.05, 4.69) is 4.72 Å². The lowest BCUT2D eigenvalue weighted by atomic mass is 10.3. The van der Waals surface area contributed by atoms with Crippen LogP contribution in [-0.2, 0) is 10.0 Å². The van der Waals surface area contributed by atoms with Crippen LogP contribution in [0.1, 0.15) is 0 Å². The summed E-state index contributed by atoms with van der Waals surface area (Å²) in [5.41, 5.74) is 0.170. The number of benzene rings is 2. The van der Waals surface area contributed by atoms with Gasteiger partial charge in [-0.25, -0.2) is 17.2 Å². The van der Waals surface area contributed by atoms with E-state index in [1.54, 1.807) is 0 Å². The molecule has 0 heterocycles. The third-order valence-electron chi connectivity index (χ3n) is 2.46. The molecule has 4 nitrogen and oxygen atoms in total. The van der Waals surface area contributed by atoms with Gasteiger partial charge in [0.15, 0.2) is 11.6 Å². The van der Waals surface area contributed by atoms with E-state index in [1.165, 1.54) is 18.2 Å². The maximum Gasteiger partial charge on any atom is 0.265 e. The van der Waals surface area contributed by atoms with Crippen LogP contribution in [-0.4, -0.2) is 13.5 Å². The zero-order valence-electron chi connectivity index (χ0n) is 10.1. The standard InChI is InChI=1S/C12H7ClF2INO3S/c13-6-1-2-10(9(16)3-6)17-21(19,20)11-5-7(14)4-8(15)12(11)18/h1-5,17-18H. The topological polar surface area (TPSA) is 66.4 Å². The molecule has 0 aliphatic rings. The number of sulfonamides is 1. The number of hydrogen-bond acceptors (Lipinski definition) is 3. The number of phenolic OH excluding ortho intramolecular Hbond substituents is 1. The van der Waals surface area contributed by atoms with Crippen LogP contribution in [0.4, 0.5) is 14.5 Å². The predicted octanol–water partition coefficient (Wildman–Crippen LogP) is 3.73. The van der Waals surface area contributed by atoms with Crippen LogP contribution in [0.3, 0.4) is 0 Å². The van der Waals surface area contributed by atoms with E-state index < -0.39 is 32.3 Å². The molecular weight excluding hydrogens is 439 g/mol. The van der Waals surface area contributed by atoms with Crippen molar-refractivity contribution in [2.75, 3.05) is 4.72 Å². The first-order chi connectivity index (χ1) is 9.70. The zero-order valence-corrected chi connectivity index (χ0v) is 13.8. The summed E-state index contributed by atoms with van der Waals surface area (Å²) >= 11 is 7.60. The summed E-state index contributed by atoms with van der Waals surface area (Å²) in [5.74, 6) is -3.62. The fourth-order valence-electron chi connectivity index (χ4n) is 1.52. The highest BCUT2D eigenvalue weighted by molar-refractivity contribution is 14.1. The molecule has 0 aromatic heterocycles. The lowest BCUT2D eigenvalue weighted by Gasteiger charge is -2.11. The Hall–Kier alpha value is -1.13. The van der Waals surface area contributed by atoms with Crippen LogP contribution in [0, 0.1) is 15.2 Å². The maximum absolute atomic E-state index is 13.2. The van der Waals surface area contributed by atoms with E-state index in [0.717, 1.165) is 0 Å². The summed E-state index contributed by atoms with van der Waals surface area (Å²) < 4.78 is 53.3. The van der Waals surface area contributed by atoms with Gasteiger partial charge in [0.1, 0.15) is 10.7 Å². The highest BCUT2D eigenvalue weighted by atomic mass is 127. The van der Waals surface area contributed by atoms with Crippen molar-refractivity contribution in [3.8, 4) is 5.75 Å². The average Bonchev–Trinajstić information content (AvgIpc) is 2.37. The van der Waals surface area contributed by atoms with Gasteiger partial charge >= 0.3 is 0 Å². The molecular formula is C12H7ClF2INO3S. The smallest absolute Gasteiger partial charge is 0.265 e. The van der Waals surface area contributed by atoms with Crippen molar-refractivity contribution in [1.29, 1.82) is 0 Å². The molecule has 0 amide bonds. The molecule has 0 aliphatic heterocycles. The number of phenols is 1. The molecule has 0 saturated carbocycles. The van der Waals surface area contributed by atoms with Gasteiger partial charge in [-0.15, -0.1) is 0 Å². The largest absolute Gasteiger partial charge is 0.504 e. The molecule has 0 radical (unpaired) electrons. The van der Waals surface area contributed by atoms with Gasteiger partial charge in [-0.05, 0) is 46.9 Å². The Morgan fingerprint density at radius 1 is 1.19 bits per heavy atom. The summed E-state index contributed by atoms with van der Waals surface area (Å²) in [5, 5.41) is 9.87. The fourth-order valence-corrected chi connectivity index (χ4v) is 3.91. The third-order valence-corrected chi connectivity index (χ3v) is 4.96. The lowest BCUT2D eigenvalue weighted by Crippen LogP contribution is -2.14. The van der Waals surface area contributed by atoms with Gasteiger partial charge in [0.05, 0.1) is 5.69 Å². The molecule has 2 N–H and O–H groups in total. The van der Waals surface area contributed by atoms with E-state index in [1.807, 2.05) is 22.6 Å². The monoisotopic (exact) mass is 445 g/mol. The number of rotatable bonds is 3. The molecule has 21 heavy (non-hydrogen) atoms. The van der Waals surface area contributed by atoms with E-state index in [-0.39, 0.29) is 5.69 Å². The van der Waals surface area contributed by atoms with Crippen molar-refractivity contribution in [2.45, 2.75) is 4.90 Å². The first-order valence-corrected chi connectivity index (χ1v) is 8.30. The van der Waals surface area contributed by atoms with Gasteiger partial charge in [0, 0.05) is 14.7 Å². The molecule has 0 saturated heterocycles. The predicted molar refractivity (Wildman–Crippen MR) is 83.0 cm³/mol. The molecule has 0 spiro atoms. The zero-order chi connectivity index (χ0) is 15.8.